The quantitative estimate of drug-likeness (QED) is 0.810. The van der Waals surface area contributed by atoms with Crippen LogP contribution in [0.4, 0.5) is 5.69 Å². The van der Waals surface area contributed by atoms with Gasteiger partial charge >= 0.3 is 0 Å². The Morgan fingerprint density at radius 3 is 2.54 bits per heavy atom. The van der Waals surface area contributed by atoms with Crippen LogP contribution in [0.3, 0.4) is 0 Å². The van der Waals surface area contributed by atoms with Crippen molar-refractivity contribution < 1.29 is 4.79 Å². The average molecular weight is 385 g/mol. The molecule has 1 aliphatic carbocycles. The maximum atomic E-state index is 12.5. The number of hydrogen-bond acceptors (Lipinski definition) is 2. The fourth-order valence-corrected chi connectivity index (χ4v) is 4.46. The molecule has 1 aliphatic heterocycles. The summed E-state index contributed by atoms with van der Waals surface area (Å²) in [5, 5.41) is 3.10. The highest BCUT2D eigenvalue weighted by Crippen LogP contribution is 2.40. The number of hydrogen-bond donors (Lipinski definition) is 1. The third-order valence-electron chi connectivity index (χ3n) is 5.15. The molecular weight excluding hydrogens is 364 g/mol. The van der Waals surface area contributed by atoms with Gasteiger partial charge in [0.05, 0.1) is 12.6 Å². The molecule has 4 heteroatoms. The summed E-state index contributed by atoms with van der Waals surface area (Å²) >= 11 is 3.60. The van der Waals surface area contributed by atoms with Gasteiger partial charge in [-0.25, -0.2) is 0 Å². The Bertz CT molecular complexity index is 741. The Morgan fingerprint density at radius 2 is 1.79 bits per heavy atom. The zero-order chi connectivity index (χ0) is 16.5. The number of halogens is 1. The number of nitrogens with zero attached hydrogens (tertiary/aromatic N) is 1. The number of carbonyl (C=O) groups is 1. The van der Waals surface area contributed by atoms with Crippen LogP contribution in [0, 0.1) is 0 Å². The van der Waals surface area contributed by atoms with Gasteiger partial charge in [0, 0.05) is 16.2 Å². The summed E-state index contributed by atoms with van der Waals surface area (Å²) in [7, 11) is 0. The minimum absolute atomic E-state index is 0.0869. The van der Waals surface area contributed by atoms with Crippen molar-refractivity contribution in [3.8, 4) is 0 Å². The van der Waals surface area contributed by atoms with E-state index < -0.39 is 0 Å². The number of benzene rings is 2. The van der Waals surface area contributed by atoms with Gasteiger partial charge in [0.2, 0.25) is 5.91 Å². The predicted octanol–water partition coefficient (Wildman–Crippen LogP) is 4.74. The average Bonchev–Trinajstić information content (AvgIpc) is 3.07. The van der Waals surface area contributed by atoms with Gasteiger partial charge in [-0.05, 0) is 42.2 Å². The first-order valence-corrected chi connectivity index (χ1v) is 9.41. The number of carbonyl (C=O) groups excluding carboxylic acids is 1. The topological polar surface area (TPSA) is 32.3 Å². The van der Waals surface area contributed by atoms with Crippen LogP contribution >= 0.6 is 15.9 Å². The summed E-state index contributed by atoms with van der Waals surface area (Å²) in [6.07, 6.45) is 4.88. The molecule has 2 aromatic carbocycles. The molecule has 0 bridgehead atoms. The van der Waals surface area contributed by atoms with E-state index in [1.807, 2.05) is 18.2 Å². The van der Waals surface area contributed by atoms with Gasteiger partial charge in [-0.3, -0.25) is 9.69 Å². The van der Waals surface area contributed by atoms with Crippen LogP contribution in [0.2, 0.25) is 0 Å². The van der Waals surface area contributed by atoms with Gasteiger partial charge in [-0.15, -0.1) is 0 Å². The first-order valence-electron chi connectivity index (χ1n) is 8.62. The summed E-state index contributed by atoms with van der Waals surface area (Å²) < 4.78 is 1.05. The van der Waals surface area contributed by atoms with Crippen LogP contribution in [0.5, 0.6) is 0 Å². The fraction of sp³-hybridized carbons (Fsp3) is 0.350. The minimum Gasteiger partial charge on any atom is -0.325 e. The lowest BCUT2D eigenvalue weighted by molar-refractivity contribution is -0.118. The maximum Gasteiger partial charge on any atom is 0.238 e. The molecule has 124 valence electrons. The van der Waals surface area contributed by atoms with Crippen LogP contribution in [0.1, 0.15) is 42.9 Å². The largest absolute Gasteiger partial charge is 0.325 e. The highest BCUT2D eigenvalue weighted by molar-refractivity contribution is 9.10. The van der Waals surface area contributed by atoms with E-state index in [2.05, 4.69) is 56.5 Å². The van der Waals surface area contributed by atoms with Crippen molar-refractivity contribution in [1.82, 2.24) is 4.90 Å². The molecule has 1 heterocycles. The standard InChI is InChI=1S/C20H21BrN2O/c21-15-10-11-18-17(12-15)20(14-6-2-1-3-7-14)23(13-19(24)22-18)16-8-4-5-9-16/h1-3,6-7,10-12,16,20H,4-5,8-9,13H2,(H,22,24). The zero-order valence-electron chi connectivity index (χ0n) is 13.5. The van der Waals surface area contributed by atoms with Crippen molar-refractivity contribution in [2.24, 2.45) is 0 Å². The number of rotatable bonds is 2. The summed E-state index contributed by atoms with van der Waals surface area (Å²) in [6.45, 7) is 0.455. The lowest BCUT2D eigenvalue weighted by Crippen LogP contribution is -2.40. The molecule has 0 spiro atoms. The summed E-state index contributed by atoms with van der Waals surface area (Å²) in [5.74, 6) is 0.0869. The van der Waals surface area contributed by atoms with E-state index in [1.165, 1.54) is 36.8 Å². The molecule has 0 aromatic heterocycles. The molecule has 0 saturated heterocycles. The van der Waals surface area contributed by atoms with Gasteiger partial charge in [0.25, 0.3) is 0 Å². The van der Waals surface area contributed by atoms with E-state index in [0.29, 0.717) is 12.6 Å². The van der Waals surface area contributed by atoms with E-state index in [9.17, 15) is 4.79 Å². The summed E-state index contributed by atoms with van der Waals surface area (Å²) in [4.78, 5) is 14.9. The fourth-order valence-electron chi connectivity index (χ4n) is 4.08. The monoisotopic (exact) mass is 384 g/mol. The molecular formula is C20H21BrN2O. The van der Waals surface area contributed by atoms with Gasteiger partial charge in [-0.1, -0.05) is 59.1 Å². The van der Waals surface area contributed by atoms with Gasteiger partial charge in [0.1, 0.15) is 0 Å². The molecule has 4 rings (SSSR count). The van der Waals surface area contributed by atoms with Gasteiger partial charge < -0.3 is 5.32 Å². The molecule has 0 radical (unpaired) electrons. The van der Waals surface area contributed by atoms with E-state index in [0.717, 1.165) is 10.2 Å². The van der Waals surface area contributed by atoms with Crippen LogP contribution in [-0.2, 0) is 4.79 Å². The summed E-state index contributed by atoms with van der Waals surface area (Å²) in [6, 6.07) is 17.3. The molecule has 1 amide bonds. The number of fused-ring (bicyclic) bond motifs is 1. The maximum absolute atomic E-state index is 12.5. The molecule has 3 nitrogen and oxygen atoms in total. The number of nitrogens with one attached hydrogen (secondary N) is 1. The minimum atomic E-state index is 0.0869. The van der Waals surface area contributed by atoms with Crippen LogP contribution in [0.25, 0.3) is 0 Å². The van der Waals surface area contributed by atoms with Crippen molar-refractivity contribution in [3.63, 3.8) is 0 Å². The highest BCUT2D eigenvalue weighted by Gasteiger charge is 2.35. The Hall–Kier alpha value is -1.65. The Kier molecular flexibility index (Phi) is 4.42. The van der Waals surface area contributed by atoms with Crippen molar-refractivity contribution in [2.75, 3.05) is 11.9 Å². The SMILES string of the molecule is O=C1CN(C2CCCC2)C(c2ccccc2)c2cc(Br)ccc2N1. The predicted molar refractivity (Wildman–Crippen MR) is 100 cm³/mol. The second kappa shape index (κ2) is 6.69. The lowest BCUT2D eigenvalue weighted by atomic mass is 9.94. The number of anilines is 1. The van der Waals surface area contributed by atoms with Crippen molar-refractivity contribution in [3.05, 3.63) is 64.1 Å². The molecule has 1 N–H and O–H groups in total. The van der Waals surface area contributed by atoms with Crippen LogP contribution in [0.15, 0.2) is 53.0 Å². The lowest BCUT2D eigenvalue weighted by Gasteiger charge is -2.35. The van der Waals surface area contributed by atoms with E-state index >= 15 is 0 Å². The second-order valence-corrected chi connectivity index (χ2v) is 7.62. The highest BCUT2D eigenvalue weighted by atomic mass is 79.9. The van der Waals surface area contributed by atoms with E-state index in [4.69, 9.17) is 0 Å². The molecule has 2 aromatic rings. The van der Waals surface area contributed by atoms with Crippen molar-refractivity contribution in [1.29, 1.82) is 0 Å². The zero-order valence-corrected chi connectivity index (χ0v) is 15.1. The Morgan fingerprint density at radius 1 is 1.04 bits per heavy atom. The second-order valence-electron chi connectivity index (χ2n) is 6.70. The van der Waals surface area contributed by atoms with Crippen molar-refractivity contribution >= 4 is 27.5 Å². The van der Waals surface area contributed by atoms with Crippen molar-refractivity contribution in [2.45, 2.75) is 37.8 Å². The molecule has 1 atom stereocenters. The molecule has 1 saturated carbocycles. The van der Waals surface area contributed by atoms with E-state index in [1.54, 1.807) is 0 Å². The molecule has 1 unspecified atom stereocenters. The normalized spacial score (nSPS) is 22.0. The molecule has 2 aliphatic rings. The first-order chi connectivity index (χ1) is 11.7. The van der Waals surface area contributed by atoms with Crippen LogP contribution in [-0.4, -0.2) is 23.4 Å². The van der Waals surface area contributed by atoms with Crippen LogP contribution < -0.4 is 5.32 Å². The van der Waals surface area contributed by atoms with E-state index in [-0.39, 0.29) is 11.9 Å². The smallest absolute Gasteiger partial charge is 0.238 e. The Labute approximate surface area is 151 Å². The first kappa shape index (κ1) is 15.9. The van der Waals surface area contributed by atoms with Gasteiger partial charge in [-0.2, -0.15) is 0 Å². The molecule has 24 heavy (non-hydrogen) atoms. The van der Waals surface area contributed by atoms with Gasteiger partial charge in [0.15, 0.2) is 0 Å². The summed E-state index contributed by atoms with van der Waals surface area (Å²) in [5.41, 5.74) is 3.35. The third-order valence-corrected chi connectivity index (χ3v) is 5.64. The molecule has 1 fully saturated rings. The third kappa shape index (κ3) is 3.01. The number of amides is 1. The Balaban J connectivity index is 1.87.